The molecular formula is C25H32N6O2. The second-order valence-corrected chi connectivity index (χ2v) is 8.50. The molecule has 2 aromatic heterocycles. The molecule has 33 heavy (non-hydrogen) atoms. The maximum Gasteiger partial charge on any atom is 0.257 e. The maximum absolute atomic E-state index is 13.2. The topological polar surface area (TPSA) is 95.1 Å². The van der Waals surface area contributed by atoms with Crippen LogP contribution in [0.2, 0.25) is 0 Å². The summed E-state index contributed by atoms with van der Waals surface area (Å²) in [7, 11) is 0. The first-order chi connectivity index (χ1) is 16.0. The number of fused-ring (bicyclic) bond motifs is 1. The second-order valence-electron chi connectivity index (χ2n) is 8.50. The fraction of sp³-hybridized carbons (Fsp3) is 0.480. The van der Waals surface area contributed by atoms with Crippen molar-refractivity contribution in [2.24, 2.45) is 0 Å². The van der Waals surface area contributed by atoms with Gasteiger partial charge in [0.2, 0.25) is 5.91 Å². The Bertz CT molecular complexity index is 1100. The Morgan fingerprint density at radius 3 is 2.67 bits per heavy atom. The van der Waals surface area contributed by atoms with E-state index < -0.39 is 0 Å². The number of nitrogens with one attached hydrogen (secondary N) is 1. The van der Waals surface area contributed by atoms with Crippen LogP contribution in [-0.4, -0.2) is 61.2 Å². The van der Waals surface area contributed by atoms with E-state index in [1.807, 2.05) is 49.9 Å². The normalized spacial score (nSPS) is 16.2. The van der Waals surface area contributed by atoms with Gasteiger partial charge in [0.05, 0.1) is 28.3 Å². The number of para-hydroxylation sites is 2. The van der Waals surface area contributed by atoms with Crippen molar-refractivity contribution in [3.63, 3.8) is 0 Å². The SMILES string of the molecule is CCN(CC)C(=O)c1cnc(C2CCCCN2C(=O)CCc2nc3ccccc3[nH]2)nc1C. The molecule has 1 aliphatic heterocycles. The molecule has 0 saturated carbocycles. The van der Waals surface area contributed by atoms with Crippen LogP contribution in [-0.2, 0) is 11.2 Å². The number of hydrogen-bond donors (Lipinski definition) is 1. The van der Waals surface area contributed by atoms with Gasteiger partial charge in [-0.05, 0) is 52.2 Å². The minimum atomic E-state index is -0.154. The summed E-state index contributed by atoms with van der Waals surface area (Å²) in [5, 5.41) is 0. The van der Waals surface area contributed by atoms with E-state index in [4.69, 9.17) is 0 Å². The first-order valence-electron chi connectivity index (χ1n) is 11.9. The van der Waals surface area contributed by atoms with Gasteiger partial charge in [-0.2, -0.15) is 0 Å². The van der Waals surface area contributed by atoms with Crippen molar-refractivity contribution < 1.29 is 9.59 Å². The highest BCUT2D eigenvalue weighted by molar-refractivity contribution is 5.94. The summed E-state index contributed by atoms with van der Waals surface area (Å²) in [6, 6.07) is 7.73. The van der Waals surface area contributed by atoms with E-state index >= 15 is 0 Å². The minimum Gasteiger partial charge on any atom is -0.342 e. The maximum atomic E-state index is 13.2. The molecule has 8 nitrogen and oxygen atoms in total. The van der Waals surface area contributed by atoms with Crippen LogP contribution in [0.15, 0.2) is 30.5 Å². The van der Waals surface area contributed by atoms with Gasteiger partial charge in [0.15, 0.2) is 5.82 Å². The van der Waals surface area contributed by atoms with Crippen molar-refractivity contribution in [1.82, 2.24) is 29.7 Å². The number of H-pyrrole nitrogens is 1. The molecule has 1 unspecified atom stereocenters. The van der Waals surface area contributed by atoms with Crippen LogP contribution in [0.25, 0.3) is 11.0 Å². The van der Waals surface area contributed by atoms with E-state index in [0.717, 1.165) is 36.1 Å². The summed E-state index contributed by atoms with van der Waals surface area (Å²) in [6.07, 6.45) is 5.41. The van der Waals surface area contributed by atoms with Crippen molar-refractivity contribution in [3.05, 3.63) is 53.4 Å². The average molecular weight is 449 g/mol. The van der Waals surface area contributed by atoms with E-state index in [1.165, 1.54) is 0 Å². The molecule has 1 N–H and O–H groups in total. The van der Waals surface area contributed by atoms with E-state index in [0.29, 0.717) is 49.6 Å². The van der Waals surface area contributed by atoms with Crippen molar-refractivity contribution in [2.75, 3.05) is 19.6 Å². The number of imidazole rings is 1. The molecule has 1 saturated heterocycles. The van der Waals surface area contributed by atoms with Gasteiger partial charge in [-0.3, -0.25) is 9.59 Å². The van der Waals surface area contributed by atoms with Crippen LogP contribution in [0.4, 0.5) is 0 Å². The summed E-state index contributed by atoms with van der Waals surface area (Å²) < 4.78 is 0. The lowest BCUT2D eigenvalue weighted by Crippen LogP contribution is -2.39. The second kappa shape index (κ2) is 10.1. The van der Waals surface area contributed by atoms with Crippen molar-refractivity contribution in [1.29, 1.82) is 0 Å². The number of carbonyl (C=O) groups excluding carboxylic acids is 2. The molecule has 0 radical (unpaired) electrons. The lowest BCUT2D eigenvalue weighted by Gasteiger charge is -2.35. The standard InChI is InChI=1S/C25H32N6O2/c1-4-30(5-2)25(33)18-16-26-24(27-17(18)3)21-12-8-9-15-31(21)23(32)14-13-22-28-19-10-6-7-11-20(19)29-22/h6-7,10-11,16,21H,4-5,8-9,12-15H2,1-3H3,(H,28,29). The summed E-state index contributed by atoms with van der Waals surface area (Å²) in [6.45, 7) is 7.76. The third-order valence-corrected chi connectivity index (χ3v) is 6.41. The van der Waals surface area contributed by atoms with Gasteiger partial charge in [-0.25, -0.2) is 15.0 Å². The number of aryl methyl sites for hydroxylation is 2. The Kier molecular flexibility index (Phi) is 7.01. The first-order valence-corrected chi connectivity index (χ1v) is 11.9. The van der Waals surface area contributed by atoms with Gasteiger partial charge in [0.1, 0.15) is 5.82 Å². The van der Waals surface area contributed by atoms with Crippen molar-refractivity contribution >= 4 is 22.8 Å². The Morgan fingerprint density at radius 1 is 1.15 bits per heavy atom. The molecule has 3 heterocycles. The fourth-order valence-corrected chi connectivity index (χ4v) is 4.53. The zero-order valence-electron chi connectivity index (χ0n) is 19.7. The highest BCUT2D eigenvalue weighted by Gasteiger charge is 2.30. The average Bonchev–Trinajstić information content (AvgIpc) is 3.26. The molecule has 3 aromatic rings. The predicted molar refractivity (Wildman–Crippen MR) is 127 cm³/mol. The predicted octanol–water partition coefficient (Wildman–Crippen LogP) is 3.83. The molecule has 0 bridgehead atoms. The van der Waals surface area contributed by atoms with Gasteiger partial charge in [-0.1, -0.05) is 12.1 Å². The third kappa shape index (κ3) is 4.89. The fourth-order valence-electron chi connectivity index (χ4n) is 4.53. The molecule has 2 amide bonds. The van der Waals surface area contributed by atoms with E-state index in [9.17, 15) is 9.59 Å². The van der Waals surface area contributed by atoms with Gasteiger partial charge in [-0.15, -0.1) is 0 Å². The molecular weight excluding hydrogens is 416 g/mol. The van der Waals surface area contributed by atoms with E-state index in [-0.39, 0.29) is 17.9 Å². The lowest BCUT2D eigenvalue weighted by atomic mass is 10.00. The van der Waals surface area contributed by atoms with Gasteiger partial charge < -0.3 is 14.8 Å². The molecule has 4 rings (SSSR count). The number of piperidine rings is 1. The van der Waals surface area contributed by atoms with Crippen LogP contribution in [0.1, 0.15) is 73.3 Å². The molecule has 1 aromatic carbocycles. The molecule has 8 heteroatoms. The Balaban J connectivity index is 1.47. The van der Waals surface area contributed by atoms with Crippen molar-refractivity contribution in [3.8, 4) is 0 Å². The number of amides is 2. The van der Waals surface area contributed by atoms with E-state index in [2.05, 4.69) is 19.9 Å². The number of likely N-dealkylation sites (tertiary alicyclic amines) is 1. The third-order valence-electron chi connectivity index (χ3n) is 6.41. The van der Waals surface area contributed by atoms with Crippen LogP contribution in [0.3, 0.4) is 0 Å². The molecule has 0 aliphatic carbocycles. The number of nitrogens with zero attached hydrogens (tertiary/aromatic N) is 5. The molecule has 1 fully saturated rings. The Hall–Kier alpha value is -3.29. The number of carbonyl (C=O) groups is 2. The number of aromatic nitrogens is 4. The molecule has 174 valence electrons. The van der Waals surface area contributed by atoms with Crippen LogP contribution < -0.4 is 0 Å². The molecule has 1 atom stereocenters. The van der Waals surface area contributed by atoms with Gasteiger partial charge in [0, 0.05) is 38.7 Å². The summed E-state index contributed by atoms with van der Waals surface area (Å²) in [4.78, 5) is 46.7. The van der Waals surface area contributed by atoms with Crippen LogP contribution in [0, 0.1) is 6.92 Å². The Labute approximate surface area is 194 Å². The highest BCUT2D eigenvalue weighted by Crippen LogP contribution is 2.30. The van der Waals surface area contributed by atoms with Gasteiger partial charge in [0.25, 0.3) is 5.91 Å². The zero-order valence-corrected chi connectivity index (χ0v) is 19.7. The molecule has 1 aliphatic rings. The quantitative estimate of drug-likeness (QED) is 0.593. The van der Waals surface area contributed by atoms with E-state index in [1.54, 1.807) is 11.1 Å². The van der Waals surface area contributed by atoms with Crippen molar-refractivity contribution in [2.45, 2.75) is 58.9 Å². The number of rotatable bonds is 7. The minimum absolute atomic E-state index is 0.0496. The van der Waals surface area contributed by atoms with Crippen LogP contribution in [0.5, 0.6) is 0 Å². The smallest absolute Gasteiger partial charge is 0.257 e. The summed E-state index contributed by atoms with van der Waals surface area (Å²) in [5.74, 6) is 1.49. The van der Waals surface area contributed by atoms with Gasteiger partial charge >= 0.3 is 0 Å². The Morgan fingerprint density at radius 2 is 1.94 bits per heavy atom. The highest BCUT2D eigenvalue weighted by atomic mass is 16.2. The largest absolute Gasteiger partial charge is 0.342 e. The monoisotopic (exact) mass is 448 g/mol. The molecule has 0 spiro atoms. The first kappa shape index (κ1) is 22.9. The summed E-state index contributed by atoms with van der Waals surface area (Å²) >= 11 is 0. The number of aromatic amines is 1. The summed E-state index contributed by atoms with van der Waals surface area (Å²) in [5.41, 5.74) is 3.09. The number of hydrogen-bond acceptors (Lipinski definition) is 5. The van der Waals surface area contributed by atoms with Crippen LogP contribution >= 0.6 is 0 Å². The zero-order chi connectivity index (χ0) is 23.4. The lowest BCUT2D eigenvalue weighted by molar-refractivity contribution is -0.135. The number of benzene rings is 1.